The molecule has 0 N–H and O–H groups in total. The largest absolute Gasteiger partial charge is 0.487 e. The molecule has 0 spiro atoms. The van der Waals surface area contributed by atoms with E-state index in [1.54, 1.807) is 6.20 Å². The van der Waals surface area contributed by atoms with Crippen molar-refractivity contribution in [2.45, 2.75) is 26.2 Å². The predicted molar refractivity (Wildman–Crippen MR) is 180 cm³/mol. The number of nitrogens with zero attached hydrogens (tertiary/aromatic N) is 3. The summed E-state index contributed by atoms with van der Waals surface area (Å²) in [6.45, 7) is 6.58. The van der Waals surface area contributed by atoms with Crippen LogP contribution in [0.15, 0.2) is 126 Å². The molecule has 0 unspecified atom stereocenters. The second-order valence-electron chi connectivity index (χ2n) is 12.1. The average Bonchev–Trinajstić information content (AvgIpc) is 3.62. The van der Waals surface area contributed by atoms with Crippen molar-refractivity contribution in [3.8, 4) is 39.7 Å². The number of pyridine rings is 2. The Hall–Kier alpha value is -5.03. The first-order chi connectivity index (χ1) is 22.0. The summed E-state index contributed by atoms with van der Waals surface area (Å²) < 4.78 is 14.9. The molecule has 0 saturated carbocycles. The van der Waals surface area contributed by atoms with Crippen molar-refractivity contribution in [1.82, 2.24) is 14.5 Å². The van der Waals surface area contributed by atoms with Crippen LogP contribution in [0.4, 0.5) is 0 Å². The third-order valence-corrected chi connectivity index (χ3v) is 8.19. The zero-order valence-corrected chi connectivity index (χ0v) is 27.9. The van der Waals surface area contributed by atoms with Gasteiger partial charge in [-0.2, -0.15) is 0 Å². The van der Waals surface area contributed by atoms with Gasteiger partial charge in [-0.15, -0.1) is 54.1 Å². The van der Waals surface area contributed by atoms with Crippen LogP contribution in [0.3, 0.4) is 0 Å². The fourth-order valence-corrected chi connectivity index (χ4v) is 5.93. The van der Waals surface area contributed by atoms with Crippen molar-refractivity contribution < 1.29 is 29.3 Å². The number of hydrogen-bond donors (Lipinski definition) is 0. The summed E-state index contributed by atoms with van der Waals surface area (Å²) in [5, 5.41) is 3.26. The summed E-state index contributed by atoms with van der Waals surface area (Å²) in [4.78, 5) is 8.99. The Labute approximate surface area is 280 Å². The molecule has 4 aromatic carbocycles. The van der Waals surface area contributed by atoms with Gasteiger partial charge in [0.1, 0.15) is 0 Å². The van der Waals surface area contributed by atoms with Crippen molar-refractivity contribution in [1.29, 1.82) is 0 Å². The molecule has 1 aliphatic heterocycles. The number of para-hydroxylation sites is 3. The van der Waals surface area contributed by atoms with E-state index in [9.17, 15) is 0 Å². The van der Waals surface area contributed by atoms with Gasteiger partial charge in [-0.3, -0.25) is 4.57 Å². The molecule has 6 heteroatoms. The van der Waals surface area contributed by atoms with E-state index in [0.29, 0.717) is 0 Å². The Balaban J connectivity index is 0.000000171. The van der Waals surface area contributed by atoms with Gasteiger partial charge in [0, 0.05) is 43.3 Å². The van der Waals surface area contributed by atoms with Crippen molar-refractivity contribution in [2.24, 2.45) is 0 Å². The number of fused-ring (bicyclic) bond motifs is 7. The zero-order chi connectivity index (χ0) is 30.5. The van der Waals surface area contributed by atoms with Crippen molar-refractivity contribution >= 4 is 33.0 Å². The molecule has 0 saturated heterocycles. The van der Waals surface area contributed by atoms with E-state index < -0.39 is 0 Å². The van der Waals surface area contributed by atoms with Crippen LogP contribution in [0, 0.1) is 12.1 Å². The molecule has 1 radical (unpaired) electrons. The molecule has 1 aliphatic rings. The Morgan fingerprint density at radius 2 is 1.52 bits per heavy atom. The molecule has 0 bridgehead atoms. The van der Waals surface area contributed by atoms with Crippen LogP contribution >= 0.6 is 0 Å². The second kappa shape index (κ2) is 11.7. The molecule has 9 rings (SSSR count). The van der Waals surface area contributed by atoms with E-state index in [0.717, 1.165) is 72.7 Å². The molecule has 0 fully saturated rings. The van der Waals surface area contributed by atoms with E-state index in [1.807, 2.05) is 85.1 Å². The van der Waals surface area contributed by atoms with Crippen LogP contribution in [-0.2, 0) is 25.5 Å². The number of ether oxygens (including phenoxy) is 1. The topological polar surface area (TPSA) is 53.1 Å². The maximum atomic E-state index is 6.53. The van der Waals surface area contributed by atoms with E-state index in [2.05, 4.69) is 77.8 Å². The molecule has 46 heavy (non-hydrogen) atoms. The third kappa shape index (κ3) is 5.00. The van der Waals surface area contributed by atoms with Crippen molar-refractivity contribution in [3.63, 3.8) is 0 Å². The first-order valence-electron chi connectivity index (χ1n) is 15.0. The van der Waals surface area contributed by atoms with E-state index in [1.165, 1.54) is 5.56 Å². The van der Waals surface area contributed by atoms with Gasteiger partial charge in [-0.1, -0.05) is 80.3 Å². The monoisotopic (exact) mass is 776 g/mol. The number of benzene rings is 4. The van der Waals surface area contributed by atoms with Gasteiger partial charge in [-0.05, 0) is 46.6 Å². The van der Waals surface area contributed by atoms with E-state index in [-0.39, 0.29) is 25.5 Å². The Bertz CT molecular complexity index is 2320. The maximum absolute atomic E-state index is 6.53. The summed E-state index contributed by atoms with van der Waals surface area (Å²) >= 11 is 0. The second-order valence-corrected chi connectivity index (χ2v) is 12.1. The fraction of sp³-hybridized carbons (Fsp3) is 0.100. The van der Waals surface area contributed by atoms with Crippen LogP contribution < -0.4 is 4.74 Å². The van der Waals surface area contributed by atoms with Crippen molar-refractivity contribution in [2.75, 3.05) is 0 Å². The van der Waals surface area contributed by atoms with Crippen LogP contribution in [0.1, 0.15) is 26.3 Å². The van der Waals surface area contributed by atoms with Gasteiger partial charge in [0.15, 0.2) is 11.5 Å². The van der Waals surface area contributed by atoms with Gasteiger partial charge < -0.3 is 19.1 Å². The smallest absolute Gasteiger partial charge is 0.202 e. The van der Waals surface area contributed by atoms with Gasteiger partial charge in [0.25, 0.3) is 0 Å². The quantitative estimate of drug-likeness (QED) is 0.164. The molecule has 227 valence electrons. The summed E-state index contributed by atoms with van der Waals surface area (Å²) in [5.41, 5.74) is 8.79. The van der Waals surface area contributed by atoms with Gasteiger partial charge >= 0.3 is 0 Å². The normalized spacial score (nSPS) is 11.8. The first-order valence-corrected chi connectivity index (χ1v) is 15.0. The summed E-state index contributed by atoms with van der Waals surface area (Å²) in [6, 6.07) is 42.7. The molecule has 8 aromatic rings. The number of aromatic nitrogens is 3. The molecule has 0 amide bonds. The van der Waals surface area contributed by atoms with Gasteiger partial charge in [-0.25, -0.2) is 0 Å². The molecule has 5 heterocycles. The van der Waals surface area contributed by atoms with E-state index in [4.69, 9.17) is 9.15 Å². The molecular formula is C40H29IrN3O2-2. The fourth-order valence-electron chi connectivity index (χ4n) is 5.93. The summed E-state index contributed by atoms with van der Waals surface area (Å²) in [7, 11) is 0. The van der Waals surface area contributed by atoms with Crippen LogP contribution in [0.25, 0.3) is 61.2 Å². The number of hydrogen-bond acceptors (Lipinski definition) is 4. The predicted octanol–water partition coefficient (Wildman–Crippen LogP) is 10.3. The Kier molecular flexibility index (Phi) is 7.56. The first kappa shape index (κ1) is 29.7. The number of furan rings is 1. The van der Waals surface area contributed by atoms with Crippen LogP contribution in [-0.4, -0.2) is 14.5 Å². The molecule has 0 aliphatic carbocycles. The minimum Gasteiger partial charge on any atom is -0.487 e. The van der Waals surface area contributed by atoms with E-state index >= 15 is 0 Å². The van der Waals surface area contributed by atoms with Gasteiger partial charge in [0.05, 0.1) is 16.8 Å². The SMILES string of the molecule is CC(C)(C)c1ccc(-c2[c-]cccc2)nc1.[Ir].[c-]1ccc2c(oc3c2c2cccc4c2n3-c2ccccc2O4)c1-c1ccccn1. The minimum atomic E-state index is 0. The maximum Gasteiger partial charge on any atom is 0.202 e. The third-order valence-electron chi connectivity index (χ3n) is 8.19. The number of rotatable bonds is 2. The summed E-state index contributed by atoms with van der Waals surface area (Å²) in [5.74, 6) is 1.66. The zero-order valence-electron chi connectivity index (χ0n) is 25.5. The van der Waals surface area contributed by atoms with Crippen LogP contribution in [0.2, 0.25) is 0 Å². The van der Waals surface area contributed by atoms with Gasteiger partial charge in [0.2, 0.25) is 5.71 Å². The Morgan fingerprint density at radius 1 is 0.696 bits per heavy atom. The molecule has 4 aromatic heterocycles. The molecule has 0 atom stereocenters. The Morgan fingerprint density at radius 3 is 2.28 bits per heavy atom. The van der Waals surface area contributed by atoms with Crippen molar-refractivity contribution in [3.05, 3.63) is 139 Å². The van der Waals surface area contributed by atoms with Crippen LogP contribution in [0.5, 0.6) is 11.5 Å². The molecular weight excluding hydrogens is 747 g/mol. The standard InChI is InChI=1S/C25H13N2O2.C15H16N.Ir/c1-2-12-20-19(11-1)27-23-16(8-6-13-21(23)28-20)22-17-9-5-7-15(24(17)29-25(22)27)18-10-3-4-14-26-18;1-15(2,3)13-9-10-14(16-11-13)12-7-5-4-6-8-12;/h1-6,8-14H;4-7,9-11H,1-3H3;/q2*-1;. The molecule has 5 nitrogen and oxygen atoms in total. The summed E-state index contributed by atoms with van der Waals surface area (Å²) in [6.07, 6.45) is 3.74. The average molecular weight is 776 g/mol. The minimum absolute atomic E-state index is 0.